The topological polar surface area (TPSA) is 9.23 Å². The minimum Gasteiger partial charge on any atom is -0.373 e. The molecule has 0 aromatic heterocycles. The van der Waals surface area contributed by atoms with Gasteiger partial charge >= 0.3 is 0 Å². The van der Waals surface area contributed by atoms with Crippen molar-refractivity contribution in [3.63, 3.8) is 0 Å². The van der Waals surface area contributed by atoms with E-state index >= 15 is 0 Å². The van der Waals surface area contributed by atoms with E-state index in [1.807, 2.05) is 30.0 Å². The molecule has 2 heteroatoms. The molecule has 0 aliphatic rings. The van der Waals surface area contributed by atoms with E-state index in [-0.39, 0.29) is 0 Å². The Hall–Kier alpha value is -2.03. The first-order chi connectivity index (χ1) is 14.1. The summed E-state index contributed by atoms with van der Waals surface area (Å²) in [6, 6.07) is 21.0. The second-order valence-electron chi connectivity index (χ2n) is 7.51. The van der Waals surface area contributed by atoms with Crippen LogP contribution in [0.15, 0.2) is 101 Å². The van der Waals surface area contributed by atoms with E-state index in [2.05, 4.69) is 87.5 Å². The Morgan fingerprint density at radius 3 is 2.31 bits per heavy atom. The molecule has 0 spiro atoms. The van der Waals surface area contributed by atoms with Crippen LogP contribution in [0.2, 0.25) is 0 Å². The van der Waals surface area contributed by atoms with Gasteiger partial charge in [-0.2, -0.15) is 0 Å². The van der Waals surface area contributed by atoms with Gasteiger partial charge in [0.2, 0.25) is 0 Å². The SMILES string of the molecule is CC(C)=CCC/C(C)=C/C(C/C=C/COCc1ccccc1)Sc1ccccc1. The molecular formula is C27H34OS. The number of ether oxygens (including phenoxy) is 1. The minimum atomic E-state index is 0.439. The predicted octanol–water partition coefficient (Wildman–Crippen LogP) is 8.00. The zero-order valence-electron chi connectivity index (χ0n) is 18.0. The molecular weight excluding hydrogens is 372 g/mol. The van der Waals surface area contributed by atoms with E-state index in [0.717, 1.165) is 19.3 Å². The molecule has 1 unspecified atom stereocenters. The Balaban J connectivity index is 1.85. The molecule has 0 radical (unpaired) electrons. The second kappa shape index (κ2) is 14.0. The fraction of sp³-hybridized carbons (Fsp3) is 0.333. The van der Waals surface area contributed by atoms with E-state index in [9.17, 15) is 0 Å². The molecule has 0 amide bonds. The smallest absolute Gasteiger partial charge is 0.0721 e. The quantitative estimate of drug-likeness (QED) is 0.200. The van der Waals surface area contributed by atoms with Crippen LogP contribution >= 0.6 is 11.8 Å². The highest BCUT2D eigenvalue weighted by Gasteiger charge is 2.06. The van der Waals surface area contributed by atoms with Gasteiger partial charge in [0.15, 0.2) is 0 Å². The van der Waals surface area contributed by atoms with E-state index in [1.165, 1.54) is 21.6 Å². The van der Waals surface area contributed by atoms with Crippen molar-refractivity contribution in [2.45, 2.75) is 56.8 Å². The molecule has 0 fully saturated rings. The van der Waals surface area contributed by atoms with Crippen molar-refractivity contribution in [2.24, 2.45) is 0 Å². The van der Waals surface area contributed by atoms with Crippen molar-refractivity contribution in [1.82, 2.24) is 0 Å². The van der Waals surface area contributed by atoms with Crippen LogP contribution in [0.25, 0.3) is 0 Å². The fourth-order valence-corrected chi connectivity index (χ4v) is 4.10. The third-order valence-corrected chi connectivity index (χ3v) is 5.63. The van der Waals surface area contributed by atoms with Gasteiger partial charge in [-0.25, -0.2) is 0 Å². The van der Waals surface area contributed by atoms with Gasteiger partial charge in [-0.05, 0) is 57.7 Å². The van der Waals surface area contributed by atoms with Crippen LogP contribution in [0, 0.1) is 0 Å². The molecule has 29 heavy (non-hydrogen) atoms. The normalized spacial score (nSPS) is 12.9. The maximum Gasteiger partial charge on any atom is 0.0721 e. The maximum absolute atomic E-state index is 5.76. The van der Waals surface area contributed by atoms with Gasteiger partial charge in [0.1, 0.15) is 0 Å². The van der Waals surface area contributed by atoms with Crippen molar-refractivity contribution < 1.29 is 4.74 Å². The van der Waals surface area contributed by atoms with Gasteiger partial charge in [-0.15, -0.1) is 11.8 Å². The van der Waals surface area contributed by atoms with Crippen LogP contribution in [0.5, 0.6) is 0 Å². The van der Waals surface area contributed by atoms with E-state index in [0.29, 0.717) is 18.5 Å². The lowest BCUT2D eigenvalue weighted by Crippen LogP contribution is -1.99. The lowest BCUT2D eigenvalue weighted by Gasteiger charge is -2.12. The van der Waals surface area contributed by atoms with E-state index in [4.69, 9.17) is 4.74 Å². The standard InChI is InChI=1S/C27H34OS/c1-23(2)13-12-14-24(3)21-27(29-26-17-8-5-9-18-26)19-10-11-20-28-22-25-15-6-4-7-16-25/h4-11,13,15-18,21,27H,12,14,19-20,22H2,1-3H3/b11-10+,24-21+. The van der Waals surface area contributed by atoms with Crippen LogP contribution in [0.1, 0.15) is 45.6 Å². The number of rotatable bonds is 12. The highest BCUT2D eigenvalue weighted by molar-refractivity contribution is 8.00. The predicted molar refractivity (Wildman–Crippen MR) is 128 cm³/mol. The number of benzene rings is 2. The first-order valence-corrected chi connectivity index (χ1v) is 11.3. The Morgan fingerprint density at radius 1 is 0.931 bits per heavy atom. The van der Waals surface area contributed by atoms with Gasteiger partial charge in [0.05, 0.1) is 13.2 Å². The van der Waals surface area contributed by atoms with Gasteiger partial charge in [0.25, 0.3) is 0 Å². The van der Waals surface area contributed by atoms with E-state index in [1.54, 1.807) is 0 Å². The molecule has 0 aliphatic carbocycles. The summed E-state index contributed by atoms with van der Waals surface area (Å²) in [6.45, 7) is 7.90. The lowest BCUT2D eigenvalue weighted by molar-refractivity contribution is 0.148. The lowest BCUT2D eigenvalue weighted by atomic mass is 10.1. The van der Waals surface area contributed by atoms with Gasteiger partial charge in [-0.1, -0.05) is 84.0 Å². The van der Waals surface area contributed by atoms with Crippen LogP contribution in [-0.2, 0) is 11.3 Å². The number of allylic oxidation sites excluding steroid dienone is 4. The Kier molecular flexibility index (Phi) is 11.3. The van der Waals surface area contributed by atoms with E-state index < -0.39 is 0 Å². The van der Waals surface area contributed by atoms with Crippen molar-refractivity contribution >= 4 is 11.8 Å². The number of hydrogen-bond acceptors (Lipinski definition) is 2. The largest absolute Gasteiger partial charge is 0.373 e. The first-order valence-electron chi connectivity index (χ1n) is 10.4. The molecule has 154 valence electrons. The molecule has 0 saturated carbocycles. The van der Waals surface area contributed by atoms with Crippen molar-refractivity contribution in [1.29, 1.82) is 0 Å². The summed E-state index contributed by atoms with van der Waals surface area (Å²) >= 11 is 1.93. The molecule has 0 heterocycles. The Morgan fingerprint density at radius 2 is 1.62 bits per heavy atom. The Bertz CT molecular complexity index is 771. The molecule has 1 nitrogen and oxygen atoms in total. The molecule has 2 aromatic carbocycles. The summed E-state index contributed by atoms with van der Waals surface area (Å²) in [4.78, 5) is 1.32. The summed E-state index contributed by atoms with van der Waals surface area (Å²) in [5.41, 5.74) is 4.07. The van der Waals surface area contributed by atoms with Gasteiger partial charge in [0, 0.05) is 10.1 Å². The summed E-state index contributed by atoms with van der Waals surface area (Å²) in [5, 5.41) is 0.439. The number of hydrogen-bond donors (Lipinski definition) is 0. The molecule has 0 bridgehead atoms. The minimum absolute atomic E-state index is 0.439. The zero-order chi connectivity index (χ0) is 20.7. The van der Waals surface area contributed by atoms with Crippen molar-refractivity contribution in [2.75, 3.05) is 6.61 Å². The van der Waals surface area contributed by atoms with Crippen LogP contribution < -0.4 is 0 Å². The molecule has 2 rings (SSSR count). The zero-order valence-corrected chi connectivity index (χ0v) is 18.8. The Labute approximate surface area is 181 Å². The molecule has 0 N–H and O–H groups in total. The summed E-state index contributed by atoms with van der Waals surface area (Å²) in [5.74, 6) is 0. The average molecular weight is 407 g/mol. The van der Waals surface area contributed by atoms with Crippen LogP contribution in [0.3, 0.4) is 0 Å². The van der Waals surface area contributed by atoms with Crippen molar-refractivity contribution in [3.05, 3.63) is 102 Å². The summed E-state index contributed by atoms with van der Waals surface area (Å²) < 4.78 is 5.76. The molecule has 1 atom stereocenters. The molecule has 2 aromatic rings. The summed E-state index contributed by atoms with van der Waals surface area (Å²) in [7, 11) is 0. The third-order valence-electron chi connectivity index (χ3n) is 4.45. The third kappa shape index (κ3) is 10.9. The fourth-order valence-electron chi connectivity index (χ4n) is 2.93. The monoisotopic (exact) mass is 406 g/mol. The molecule has 0 saturated heterocycles. The highest BCUT2D eigenvalue weighted by atomic mass is 32.2. The van der Waals surface area contributed by atoms with Crippen LogP contribution in [-0.4, -0.2) is 11.9 Å². The van der Waals surface area contributed by atoms with Gasteiger partial charge < -0.3 is 4.74 Å². The van der Waals surface area contributed by atoms with Crippen molar-refractivity contribution in [3.8, 4) is 0 Å². The maximum atomic E-state index is 5.76. The summed E-state index contributed by atoms with van der Waals surface area (Å²) in [6.07, 6.45) is 12.4. The molecule has 0 aliphatic heterocycles. The van der Waals surface area contributed by atoms with Gasteiger partial charge in [-0.3, -0.25) is 0 Å². The second-order valence-corrected chi connectivity index (χ2v) is 8.82. The van der Waals surface area contributed by atoms with Crippen LogP contribution in [0.4, 0.5) is 0 Å². The first kappa shape index (κ1) is 23.3. The average Bonchev–Trinajstić information content (AvgIpc) is 2.71. The highest BCUT2D eigenvalue weighted by Crippen LogP contribution is 2.28. The number of thioether (sulfide) groups is 1.